The fourth-order valence-corrected chi connectivity index (χ4v) is 3.02. The van der Waals surface area contributed by atoms with Gasteiger partial charge in [0.05, 0.1) is 17.6 Å². The fraction of sp³-hybridized carbons (Fsp3) is 0.188. The molecule has 0 aliphatic carbocycles. The van der Waals surface area contributed by atoms with E-state index in [0.717, 1.165) is 5.56 Å². The standard InChI is InChI=1S/C16H17NO4S/c1-11-4-7-13(8-5-11)17-22(19,20)14-9-6-12(2)15(10-14)16(18)21-3/h4-10,17H,1-3H3. The van der Waals surface area contributed by atoms with Gasteiger partial charge in [-0.1, -0.05) is 23.8 Å². The second kappa shape index (κ2) is 6.19. The molecule has 0 aromatic heterocycles. The minimum absolute atomic E-state index is 0.0130. The molecule has 116 valence electrons. The minimum atomic E-state index is -3.76. The number of hydrogen-bond donors (Lipinski definition) is 1. The summed E-state index contributed by atoms with van der Waals surface area (Å²) in [5, 5.41) is 0. The Balaban J connectivity index is 2.37. The largest absolute Gasteiger partial charge is 0.465 e. The van der Waals surface area contributed by atoms with E-state index >= 15 is 0 Å². The van der Waals surface area contributed by atoms with E-state index in [1.807, 2.05) is 19.1 Å². The summed E-state index contributed by atoms with van der Waals surface area (Å²) < 4.78 is 31.9. The molecule has 0 radical (unpaired) electrons. The van der Waals surface area contributed by atoms with Crippen molar-refractivity contribution in [2.75, 3.05) is 11.8 Å². The quantitative estimate of drug-likeness (QED) is 0.880. The molecule has 0 atom stereocenters. The van der Waals surface area contributed by atoms with E-state index in [9.17, 15) is 13.2 Å². The van der Waals surface area contributed by atoms with Crippen LogP contribution in [0.3, 0.4) is 0 Å². The van der Waals surface area contributed by atoms with Gasteiger partial charge in [0.25, 0.3) is 10.0 Å². The first kappa shape index (κ1) is 16.0. The van der Waals surface area contributed by atoms with Crippen LogP contribution in [0.25, 0.3) is 0 Å². The molecule has 0 amide bonds. The van der Waals surface area contributed by atoms with E-state index in [1.54, 1.807) is 25.1 Å². The first-order chi connectivity index (χ1) is 10.3. The number of methoxy groups -OCH3 is 1. The summed E-state index contributed by atoms with van der Waals surface area (Å²) >= 11 is 0. The van der Waals surface area contributed by atoms with Crippen molar-refractivity contribution in [2.24, 2.45) is 0 Å². The number of carbonyl (C=O) groups excluding carboxylic acids is 1. The number of benzene rings is 2. The van der Waals surface area contributed by atoms with Crippen LogP contribution in [0.5, 0.6) is 0 Å². The predicted octanol–water partition coefficient (Wildman–Crippen LogP) is 2.89. The van der Waals surface area contributed by atoms with E-state index in [4.69, 9.17) is 0 Å². The molecule has 2 aromatic rings. The molecule has 0 fully saturated rings. The van der Waals surface area contributed by atoms with Crippen LogP contribution >= 0.6 is 0 Å². The Morgan fingerprint density at radius 3 is 2.27 bits per heavy atom. The summed E-state index contributed by atoms with van der Waals surface area (Å²) in [5.74, 6) is -0.565. The van der Waals surface area contributed by atoms with Gasteiger partial charge in [0, 0.05) is 5.69 Å². The van der Waals surface area contributed by atoms with E-state index in [2.05, 4.69) is 9.46 Å². The van der Waals surface area contributed by atoms with Crippen molar-refractivity contribution < 1.29 is 17.9 Å². The van der Waals surface area contributed by atoms with Crippen molar-refractivity contribution >= 4 is 21.7 Å². The topological polar surface area (TPSA) is 72.5 Å². The Morgan fingerprint density at radius 1 is 1.05 bits per heavy atom. The Hall–Kier alpha value is -2.34. The number of anilines is 1. The summed E-state index contributed by atoms with van der Waals surface area (Å²) in [4.78, 5) is 11.7. The number of nitrogens with one attached hydrogen (secondary N) is 1. The van der Waals surface area contributed by atoms with Crippen molar-refractivity contribution in [2.45, 2.75) is 18.7 Å². The SMILES string of the molecule is COC(=O)c1cc(S(=O)(=O)Nc2ccc(C)cc2)ccc1C. The van der Waals surface area contributed by atoms with Crippen molar-refractivity contribution in [3.05, 3.63) is 59.2 Å². The lowest BCUT2D eigenvalue weighted by Crippen LogP contribution is -2.14. The highest BCUT2D eigenvalue weighted by Gasteiger charge is 2.18. The highest BCUT2D eigenvalue weighted by atomic mass is 32.2. The van der Waals surface area contributed by atoms with Gasteiger partial charge < -0.3 is 4.74 Å². The average molecular weight is 319 g/mol. The number of hydrogen-bond acceptors (Lipinski definition) is 4. The maximum absolute atomic E-state index is 12.4. The zero-order valence-electron chi connectivity index (χ0n) is 12.6. The average Bonchev–Trinajstić information content (AvgIpc) is 2.49. The van der Waals surface area contributed by atoms with Crippen molar-refractivity contribution in [1.29, 1.82) is 0 Å². The number of sulfonamides is 1. The number of carbonyl (C=O) groups is 1. The molecule has 0 aliphatic rings. The molecule has 2 aromatic carbocycles. The van der Waals surface area contributed by atoms with Gasteiger partial charge in [-0.05, 0) is 43.7 Å². The maximum atomic E-state index is 12.4. The molecular weight excluding hydrogens is 302 g/mol. The third-order valence-electron chi connectivity index (χ3n) is 3.23. The molecule has 0 bridgehead atoms. The van der Waals surface area contributed by atoms with Gasteiger partial charge in [0.2, 0.25) is 0 Å². The van der Waals surface area contributed by atoms with Crippen LogP contribution in [0.2, 0.25) is 0 Å². The predicted molar refractivity (Wildman–Crippen MR) is 84.5 cm³/mol. The molecule has 6 heteroatoms. The van der Waals surface area contributed by atoms with E-state index < -0.39 is 16.0 Å². The second-order valence-corrected chi connectivity index (χ2v) is 6.62. The summed E-state index contributed by atoms with van der Waals surface area (Å²) in [6.45, 7) is 3.64. The van der Waals surface area contributed by atoms with Crippen molar-refractivity contribution in [3.8, 4) is 0 Å². The number of rotatable bonds is 4. The lowest BCUT2D eigenvalue weighted by Gasteiger charge is -2.10. The lowest BCUT2D eigenvalue weighted by molar-refractivity contribution is 0.0599. The Labute approximate surface area is 130 Å². The van der Waals surface area contributed by atoms with Gasteiger partial charge >= 0.3 is 5.97 Å². The van der Waals surface area contributed by atoms with Crippen LogP contribution in [0, 0.1) is 13.8 Å². The third-order valence-corrected chi connectivity index (χ3v) is 4.61. The Bertz CT molecular complexity index is 795. The normalized spacial score (nSPS) is 11.0. The number of aryl methyl sites for hydroxylation is 2. The van der Waals surface area contributed by atoms with Crippen molar-refractivity contribution in [1.82, 2.24) is 0 Å². The van der Waals surface area contributed by atoms with Crippen LogP contribution in [0.1, 0.15) is 21.5 Å². The molecule has 0 saturated heterocycles. The first-order valence-electron chi connectivity index (χ1n) is 6.62. The van der Waals surface area contributed by atoms with Gasteiger partial charge in [-0.25, -0.2) is 13.2 Å². The van der Waals surface area contributed by atoms with Gasteiger partial charge in [-0.3, -0.25) is 4.72 Å². The zero-order chi connectivity index (χ0) is 16.3. The molecule has 1 N–H and O–H groups in total. The highest BCUT2D eigenvalue weighted by molar-refractivity contribution is 7.92. The summed E-state index contributed by atoms with van der Waals surface area (Å²) in [6.07, 6.45) is 0. The monoisotopic (exact) mass is 319 g/mol. The smallest absolute Gasteiger partial charge is 0.338 e. The molecule has 0 aliphatic heterocycles. The maximum Gasteiger partial charge on any atom is 0.338 e. The molecule has 2 rings (SSSR count). The molecular formula is C16H17NO4S. The van der Waals surface area contributed by atoms with Crippen LogP contribution in [-0.4, -0.2) is 21.5 Å². The van der Waals surface area contributed by atoms with E-state index in [-0.39, 0.29) is 10.5 Å². The highest BCUT2D eigenvalue weighted by Crippen LogP contribution is 2.20. The number of ether oxygens (including phenoxy) is 1. The summed E-state index contributed by atoms with van der Waals surface area (Å²) in [7, 11) is -2.51. The van der Waals surface area contributed by atoms with Crippen LogP contribution in [-0.2, 0) is 14.8 Å². The molecule has 0 saturated carbocycles. The van der Waals surface area contributed by atoms with Gasteiger partial charge in [0.1, 0.15) is 0 Å². The number of esters is 1. The fourth-order valence-electron chi connectivity index (χ4n) is 1.93. The zero-order valence-corrected chi connectivity index (χ0v) is 13.4. The molecule has 0 spiro atoms. The molecule has 0 heterocycles. The van der Waals surface area contributed by atoms with Crippen molar-refractivity contribution in [3.63, 3.8) is 0 Å². The van der Waals surface area contributed by atoms with Crippen LogP contribution in [0.15, 0.2) is 47.4 Å². The van der Waals surface area contributed by atoms with Gasteiger partial charge in [-0.15, -0.1) is 0 Å². The molecule has 0 unspecified atom stereocenters. The lowest BCUT2D eigenvalue weighted by atomic mass is 10.1. The van der Waals surface area contributed by atoms with Gasteiger partial charge in [-0.2, -0.15) is 0 Å². The molecule has 22 heavy (non-hydrogen) atoms. The third kappa shape index (κ3) is 3.46. The second-order valence-electron chi connectivity index (χ2n) is 4.94. The Kier molecular flexibility index (Phi) is 4.51. The molecule has 5 nitrogen and oxygen atoms in total. The minimum Gasteiger partial charge on any atom is -0.465 e. The van der Waals surface area contributed by atoms with Crippen LogP contribution in [0.4, 0.5) is 5.69 Å². The van der Waals surface area contributed by atoms with Crippen LogP contribution < -0.4 is 4.72 Å². The van der Waals surface area contributed by atoms with Gasteiger partial charge in [0.15, 0.2) is 0 Å². The van der Waals surface area contributed by atoms with E-state index in [0.29, 0.717) is 11.3 Å². The summed E-state index contributed by atoms with van der Waals surface area (Å²) in [5.41, 5.74) is 2.38. The van der Waals surface area contributed by atoms with E-state index in [1.165, 1.54) is 19.2 Å². The Morgan fingerprint density at radius 2 is 1.68 bits per heavy atom. The first-order valence-corrected chi connectivity index (χ1v) is 8.10. The summed E-state index contributed by atoms with van der Waals surface area (Å²) in [6, 6.07) is 11.3.